The maximum absolute atomic E-state index is 12.4. The summed E-state index contributed by atoms with van der Waals surface area (Å²) in [6.07, 6.45) is 4.07. The van der Waals surface area contributed by atoms with E-state index in [9.17, 15) is 9.90 Å². The Morgan fingerprint density at radius 1 is 1.50 bits per heavy atom. The molecular weight excluding hydrogens is 276 g/mol. The zero-order chi connectivity index (χ0) is 14.1. The molecule has 1 amide bonds. The first-order valence-electron chi connectivity index (χ1n) is 6.85. The lowest BCUT2D eigenvalue weighted by Crippen LogP contribution is -2.38. The summed E-state index contributed by atoms with van der Waals surface area (Å²) in [5.74, 6) is 0.0717. The van der Waals surface area contributed by atoms with Crippen LogP contribution in [0.5, 0.6) is 0 Å². The summed E-state index contributed by atoms with van der Waals surface area (Å²) >= 11 is 6.01. The Morgan fingerprint density at radius 3 is 3.15 bits per heavy atom. The Labute approximate surface area is 122 Å². The minimum atomic E-state index is -0.0173. The van der Waals surface area contributed by atoms with Gasteiger partial charge in [0.25, 0.3) is 0 Å². The Morgan fingerprint density at radius 2 is 2.35 bits per heavy atom. The molecule has 1 aromatic carbocycles. The number of aromatic nitrogens is 1. The molecule has 3 rings (SSSR count). The Hall–Kier alpha value is -1.52. The van der Waals surface area contributed by atoms with Gasteiger partial charge in [0.05, 0.1) is 19.1 Å². The van der Waals surface area contributed by atoms with Crippen molar-refractivity contribution in [3.05, 3.63) is 35.0 Å². The van der Waals surface area contributed by atoms with Gasteiger partial charge in [-0.3, -0.25) is 4.79 Å². The van der Waals surface area contributed by atoms with Crippen LogP contribution in [0.2, 0.25) is 5.02 Å². The zero-order valence-corrected chi connectivity index (χ0v) is 11.9. The van der Waals surface area contributed by atoms with E-state index < -0.39 is 0 Å². The van der Waals surface area contributed by atoms with Gasteiger partial charge >= 0.3 is 0 Å². The summed E-state index contributed by atoms with van der Waals surface area (Å²) in [6.45, 7) is 0.790. The number of aliphatic hydroxyl groups excluding tert-OH is 1. The molecule has 1 aliphatic rings. The van der Waals surface area contributed by atoms with E-state index in [1.54, 1.807) is 4.90 Å². The number of halogens is 1. The largest absolute Gasteiger partial charge is 0.394 e. The number of amides is 1. The SMILES string of the molecule is O=C(Cc1c[nH]c2ccc(Cl)cc12)N1CCC[C@H]1CO. The van der Waals surface area contributed by atoms with Crippen LogP contribution in [0.3, 0.4) is 0 Å². The molecule has 0 saturated carbocycles. The van der Waals surface area contributed by atoms with Crippen LogP contribution in [0.1, 0.15) is 18.4 Å². The van der Waals surface area contributed by atoms with Gasteiger partial charge in [0.15, 0.2) is 0 Å². The second kappa shape index (κ2) is 5.46. The number of likely N-dealkylation sites (tertiary alicyclic amines) is 1. The quantitative estimate of drug-likeness (QED) is 0.912. The lowest BCUT2D eigenvalue weighted by Gasteiger charge is -2.22. The predicted molar refractivity (Wildman–Crippen MR) is 78.8 cm³/mol. The molecule has 1 fully saturated rings. The molecule has 4 nitrogen and oxygen atoms in total. The number of nitrogens with one attached hydrogen (secondary N) is 1. The van der Waals surface area contributed by atoms with Crippen molar-refractivity contribution in [3.63, 3.8) is 0 Å². The summed E-state index contributed by atoms with van der Waals surface area (Å²) in [7, 11) is 0. The Kier molecular flexibility index (Phi) is 3.68. The molecule has 0 bridgehead atoms. The fourth-order valence-electron chi connectivity index (χ4n) is 2.92. The highest BCUT2D eigenvalue weighted by Gasteiger charge is 2.28. The van der Waals surface area contributed by atoms with Gasteiger partial charge in [-0.05, 0) is 36.6 Å². The van der Waals surface area contributed by atoms with Crippen molar-refractivity contribution in [2.45, 2.75) is 25.3 Å². The van der Waals surface area contributed by atoms with Crippen LogP contribution < -0.4 is 0 Å². The lowest BCUT2D eigenvalue weighted by atomic mass is 10.1. The van der Waals surface area contributed by atoms with Crippen molar-refractivity contribution in [1.29, 1.82) is 0 Å². The number of hydrogen-bond acceptors (Lipinski definition) is 2. The standard InChI is InChI=1S/C15H17ClN2O2/c16-11-3-4-14-13(7-11)10(8-17-14)6-15(20)18-5-1-2-12(18)9-19/h3-4,7-8,12,17,19H,1-2,5-6,9H2/t12-/m0/s1. The normalized spacial score (nSPS) is 18.9. The number of rotatable bonds is 3. The first-order chi connectivity index (χ1) is 9.69. The number of nitrogens with zero attached hydrogens (tertiary/aromatic N) is 1. The first-order valence-corrected chi connectivity index (χ1v) is 7.22. The number of benzene rings is 1. The van der Waals surface area contributed by atoms with Gasteiger partial charge in [0.2, 0.25) is 5.91 Å². The molecule has 106 valence electrons. The highest BCUT2D eigenvalue weighted by Crippen LogP contribution is 2.24. The molecule has 5 heteroatoms. The van der Waals surface area contributed by atoms with Crippen molar-refractivity contribution in [2.24, 2.45) is 0 Å². The van der Waals surface area contributed by atoms with Crippen molar-refractivity contribution in [3.8, 4) is 0 Å². The third-order valence-electron chi connectivity index (χ3n) is 3.98. The van der Waals surface area contributed by atoms with Crippen LogP contribution in [0.15, 0.2) is 24.4 Å². The second-order valence-electron chi connectivity index (χ2n) is 5.25. The maximum Gasteiger partial charge on any atom is 0.227 e. The second-order valence-corrected chi connectivity index (χ2v) is 5.68. The molecule has 0 spiro atoms. The number of H-pyrrole nitrogens is 1. The molecule has 1 saturated heterocycles. The molecular formula is C15H17ClN2O2. The lowest BCUT2D eigenvalue weighted by molar-refractivity contribution is -0.131. The number of carbonyl (C=O) groups is 1. The van der Waals surface area contributed by atoms with Crippen molar-refractivity contribution in [1.82, 2.24) is 9.88 Å². The van der Waals surface area contributed by atoms with Gasteiger partial charge in [0, 0.05) is 28.7 Å². The number of carbonyl (C=O) groups excluding carboxylic acids is 1. The van der Waals surface area contributed by atoms with Crippen molar-refractivity contribution < 1.29 is 9.90 Å². The van der Waals surface area contributed by atoms with E-state index >= 15 is 0 Å². The van der Waals surface area contributed by atoms with Gasteiger partial charge in [0.1, 0.15) is 0 Å². The molecule has 2 aromatic rings. The third-order valence-corrected chi connectivity index (χ3v) is 4.21. The fourth-order valence-corrected chi connectivity index (χ4v) is 3.09. The van der Waals surface area contributed by atoms with E-state index in [1.807, 2.05) is 24.4 Å². The molecule has 1 atom stereocenters. The fraction of sp³-hybridized carbons (Fsp3) is 0.400. The smallest absolute Gasteiger partial charge is 0.227 e. The van der Waals surface area contributed by atoms with Crippen LogP contribution in [0, 0.1) is 0 Å². The van der Waals surface area contributed by atoms with E-state index in [1.165, 1.54) is 0 Å². The van der Waals surface area contributed by atoms with Crippen LogP contribution in [-0.2, 0) is 11.2 Å². The molecule has 0 unspecified atom stereocenters. The predicted octanol–water partition coefficient (Wildman–Crippen LogP) is 2.35. The molecule has 20 heavy (non-hydrogen) atoms. The van der Waals surface area contributed by atoms with Crippen LogP contribution in [0.4, 0.5) is 0 Å². The third kappa shape index (κ3) is 2.41. The van der Waals surface area contributed by atoms with E-state index in [0.717, 1.165) is 35.9 Å². The molecule has 0 aliphatic carbocycles. The molecule has 2 heterocycles. The zero-order valence-electron chi connectivity index (χ0n) is 11.1. The Balaban J connectivity index is 1.82. The van der Waals surface area contributed by atoms with Crippen molar-refractivity contribution in [2.75, 3.05) is 13.2 Å². The van der Waals surface area contributed by atoms with Gasteiger partial charge in [-0.15, -0.1) is 0 Å². The topological polar surface area (TPSA) is 56.3 Å². The average Bonchev–Trinajstić information content (AvgIpc) is 3.05. The monoisotopic (exact) mass is 292 g/mol. The Bertz CT molecular complexity index is 638. The molecule has 1 aromatic heterocycles. The van der Waals surface area contributed by atoms with Gasteiger partial charge in [-0.1, -0.05) is 11.6 Å². The molecule has 0 radical (unpaired) electrons. The minimum Gasteiger partial charge on any atom is -0.394 e. The maximum atomic E-state index is 12.4. The van der Waals surface area contributed by atoms with E-state index in [0.29, 0.717) is 11.4 Å². The minimum absolute atomic E-state index is 0.0173. The van der Waals surface area contributed by atoms with Crippen LogP contribution >= 0.6 is 11.6 Å². The summed E-state index contributed by atoms with van der Waals surface area (Å²) in [4.78, 5) is 17.3. The highest BCUT2D eigenvalue weighted by molar-refractivity contribution is 6.31. The summed E-state index contributed by atoms with van der Waals surface area (Å²) in [5, 5.41) is 11.0. The van der Waals surface area contributed by atoms with Gasteiger partial charge in [-0.2, -0.15) is 0 Å². The summed E-state index contributed by atoms with van der Waals surface area (Å²) in [5.41, 5.74) is 1.94. The van der Waals surface area contributed by atoms with Crippen molar-refractivity contribution >= 4 is 28.4 Å². The first kappa shape index (κ1) is 13.5. The number of aliphatic hydroxyl groups is 1. The highest BCUT2D eigenvalue weighted by atomic mass is 35.5. The molecule has 2 N–H and O–H groups in total. The average molecular weight is 293 g/mol. The van der Waals surface area contributed by atoms with Crippen LogP contribution in [0.25, 0.3) is 10.9 Å². The van der Waals surface area contributed by atoms with Gasteiger partial charge < -0.3 is 15.0 Å². The summed E-state index contributed by atoms with van der Waals surface area (Å²) in [6, 6.07) is 5.60. The number of fused-ring (bicyclic) bond motifs is 1. The van der Waals surface area contributed by atoms with E-state index in [2.05, 4.69) is 4.98 Å². The van der Waals surface area contributed by atoms with Crippen LogP contribution in [-0.4, -0.2) is 40.1 Å². The van der Waals surface area contributed by atoms with E-state index in [-0.39, 0.29) is 18.6 Å². The number of aromatic amines is 1. The number of hydrogen-bond donors (Lipinski definition) is 2. The van der Waals surface area contributed by atoms with Gasteiger partial charge in [-0.25, -0.2) is 0 Å². The summed E-state index contributed by atoms with van der Waals surface area (Å²) < 4.78 is 0. The molecule has 1 aliphatic heterocycles. The van der Waals surface area contributed by atoms with E-state index in [4.69, 9.17) is 11.6 Å².